The summed E-state index contributed by atoms with van der Waals surface area (Å²) in [5.41, 5.74) is 4.95. The third-order valence-corrected chi connectivity index (χ3v) is 10.3. The van der Waals surface area contributed by atoms with E-state index in [2.05, 4.69) is 31.2 Å². The number of aromatic nitrogens is 1. The molecule has 1 aromatic heterocycles. The minimum Gasteiger partial charge on any atom is -0.496 e. The summed E-state index contributed by atoms with van der Waals surface area (Å²) in [6.07, 6.45) is 4.47. The Morgan fingerprint density at radius 2 is 1.78 bits per heavy atom. The second kappa shape index (κ2) is 14.0. The SMILES string of the molecule is COc1cc(-c2nccc(-c3cccc(Nc4cccc(CN5CC6(CCC(=O)N6)C5)c4F)c3Cl)c2Cl)ccc1CNC[C@H]1CCC(=O)N1. The van der Waals surface area contributed by atoms with Gasteiger partial charge in [0.25, 0.3) is 0 Å². The molecule has 0 bridgehead atoms. The Morgan fingerprint density at radius 1 is 0.980 bits per heavy atom. The van der Waals surface area contributed by atoms with Gasteiger partial charge in [0.2, 0.25) is 11.8 Å². The van der Waals surface area contributed by atoms with E-state index in [1.165, 1.54) is 0 Å². The highest BCUT2D eigenvalue weighted by Gasteiger charge is 2.47. The minimum absolute atomic E-state index is 0.0901. The van der Waals surface area contributed by atoms with Crippen molar-refractivity contribution in [1.29, 1.82) is 0 Å². The third-order valence-electron chi connectivity index (χ3n) is 9.56. The van der Waals surface area contributed by atoms with Crippen molar-refractivity contribution in [3.63, 3.8) is 0 Å². The molecular weight excluding hydrogens is 666 g/mol. The smallest absolute Gasteiger partial charge is 0.220 e. The molecule has 4 aromatic rings. The predicted octanol–water partition coefficient (Wildman–Crippen LogP) is 6.45. The summed E-state index contributed by atoms with van der Waals surface area (Å²) >= 11 is 14.0. The lowest BCUT2D eigenvalue weighted by Crippen LogP contribution is -2.66. The van der Waals surface area contributed by atoms with Gasteiger partial charge in [0.05, 0.1) is 39.8 Å². The number of halogens is 3. The van der Waals surface area contributed by atoms with Crippen molar-refractivity contribution >= 4 is 46.4 Å². The first kappa shape index (κ1) is 33.3. The van der Waals surface area contributed by atoms with Crippen LogP contribution in [-0.4, -0.2) is 60.0 Å². The molecule has 0 unspecified atom stereocenters. The Balaban J connectivity index is 1.07. The molecule has 49 heavy (non-hydrogen) atoms. The van der Waals surface area contributed by atoms with Crippen LogP contribution >= 0.6 is 23.2 Å². The molecule has 1 spiro atoms. The fourth-order valence-electron chi connectivity index (χ4n) is 7.06. The van der Waals surface area contributed by atoms with Gasteiger partial charge in [0, 0.05) is 85.6 Å². The lowest BCUT2D eigenvalue weighted by atomic mass is 9.88. The molecule has 3 aromatic carbocycles. The molecule has 3 aliphatic heterocycles. The second-order valence-corrected chi connectivity index (χ2v) is 13.8. The number of carbonyl (C=O) groups excluding carboxylic acids is 2. The largest absolute Gasteiger partial charge is 0.496 e. The summed E-state index contributed by atoms with van der Waals surface area (Å²) in [5.74, 6) is 0.531. The van der Waals surface area contributed by atoms with Gasteiger partial charge in [0.15, 0.2) is 5.82 Å². The number of methoxy groups -OCH3 is 1. The average Bonchev–Trinajstić information content (AvgIpc) is 3.69. The van der Waals surface area contributed by atoms with Crippen LogP contribution in [0, 0.1) is 5.82 Å². The number of pyridine rings is 1. The molecule has 12 heteroatoms. The standard InChI is InChI=1S/C37H37Cl2FN6O3/c1-49-30-16-22(8-9-23(30)17-41-18-25-10-11-31(47)43-25)36-34(39)27(13-15-42-36)26-5-3-6-28(33(26)38)44-29-7-2-4-24(35(29)40)19-46-20-37(21-46)14-12-32(48)45-37/h2-9,13,15-16,25,41,44H,10-12,14,17-21H2,1H3,(H,43,47)(H,45,48)/t25-/m1/s1. The zero-order valence-corrected chi connectivity index (χ0v) is 28.6. The van der Waals surface area contributed by atoms with Crippen molar-refractivity contribution in [3.8, 4) is 28.1 Å². The molecule has 0 aliphatic carbocycles. The third kappa shape index (κ3) is 6.96. The fourth-order valence-corrected chi connectivity index (χ4v) is 7.65. The minimum atomic E-state index is -0.345. The van der Waals surface area contributed by atoms with Crippen molar-refractivity contribution in [2.45, 2.75) is 50.4 Å². The molecular formula is C37H37Cl2FN6O3. The quantitative estimate of drug-likeness (QED) is 0.142. The van der Waals surface area contributed by atoms with Crippen LogP contribution < -0.4 is 26.0 Å². The van der Waals surface area contributed by atoms with Gasteiger partial charge < -0.3 is 26.0 Å². The Morgan fingerprint density at radius 3 is 2.53 bits per heavy atom. The molecule has 1 atom stereocenters. The van der Waals surface area contributed by atoms with E-state index >= 15 is 4.39 Å². The van der Waals surface area contributed by atoms with E-state index in [1.54, 1.807) is 31.5 Å². The Labute approximate surface area is 294 Å². The number of hydrogen-bond donors (Lipinski definition) is 4. The van der Waals surface area contributed by atoms with E-state index in [9.17, 15) is 9.59 Å². The van der Waals surface area contributed by atoms with E-state index in [4.69, 9.17) is 27.9 Å². The van der Waals surface area contributed by atoms with Gasteiger partial charge in [0.1, 0.15) is 5.75 Å². The molecule has 2 amide bonds. The van der Waals surface area contributed by atoms with Crippen LogP contribution in [0.2, 0.25) is 10.0 Å². The highest BCUT2D eigenvalue weighted by atomic mass is 35.5. The van der Waals surface area contributed by atoms with Gasteiger partial charge in [-0.25, -0.2) is 4.39 Å². The maximum atomic E-state index is 15.8. The predicted molar refractivity (Wildman–Crippen MR) is 190 cm³/mol. The lowest BCUT2D eigenvalue weighted by molar-refractivity contribution is -0.121. The number of hydrogen-bond acceptors (Lipinski definition) is 7. The number of nitrogens with zero attached hydrogens (tertiary/aromatic N) is 2. The maximum Gasteiger partial charge on any atom is 0.220 e. The molecule has 0 saturated carbocycles. The van der Waals surface area contributed by atoms with Gasteiger partial charge in [-0.1, -0.05) is 59.6 Å². The maximum absolute atomic E-state index is 15.8. The number of likely N-dealkylation sites (tertiary alicyclic amines) is 1. The van der Waals surface area contributed by atoms with Crippen LogP contribution in [0.4, 0.5) is 15.8 Å². The lowest BCUT2D eigenvalue weighted by Gasteiger charge is -2.48. The zero-order valence-electron chi connectivity index (χ0n) is 27.0. The zero-order chi connectivity index (χ0) is 34.1. The molecule has 254 valence electrons. The number of benzene rings is 3. The Hall–Kier alpha value is -4.22. The van der Waals surface area contributed by atoms with Crippen molar-refractivity contribution in [2.75, 3.05) is 32.1 Å². The number of carbonyl (C=O) groups is 2. The molecule has 3 saturated heterocycles. The average molecular weight is 704 g/mol. The second-order valence-electron chi connectivity index (χ2n) is 13.0. The Kier molecular flexibility index (Phi) is 9.48. The van der Waals surface area contributed by atoms with Crippen LogP contribution in [0.1, 0.15) is 36.8 Å². The van der Waals surface area contributed by atoms with Crippen LogP contribution in [-0.2, 0) is 22.7 Å². The Bertz CT molecular complexity index is 1920. The molecule has 0 radical (unpaired) electrons. The number of rotatable bonds is 11. The molecule has 4 heterocycles. The summed E-state index contributed by atoms with van der Waals surface area (Å²) in [5, 5.41) is 13.5. The van der Waals surface area contributed by atoms with Gasteiger partial charge in [-0.2, -0.15) is 0 Å². The van der Waals surface area contributed by atoms with Crippen LogP contribution in [0.15, 0.2) is 66.9 Å². The first-order valence-electron chi connectivity index (χ1n) is 16.4. The van der Waals surface area contributed by atoms with Gasteiger partial charge in [-0.05, 0) is 37.1 Å². The van der Waals surface area contributed by atoms with Crippen LogP contribution in [0.3, 0.4) is 0 Å². The molecule has 3 fully saturated rings. The number of nitrogens with one attached hydrogen (secondary N) is 4. The van der Waals surface area contributed by atoms with Gasteiger partial charge in [-0.3, -0.25) is 19.5 Å². The van der Waals surface area contributed by atoms with E-state index in [0.717, 1.165) is 37.1 Å². The van der Waals surface area contributed by atoms with Crippen LogP contribution in [0.5, 0.6) is 5.75 Å². The van der Waals surface area contributed by atoms with Crippen LogP contribution in [0.25, 0.3) is 22.4 Å². The van der Waals surface area contributed by atoms with Crippen molar-refractivity contribution in [3.05, 3.63) is 93.8 Å². The molecule has 9 nitrogen and oxygen atoms in total. The summed E-state index contributed by atoms with van der Waals surface area (Å²) in [4.78, 5) is 29.9. The van der Waals surface area contributed by atoms with Crippen molar-refractivity contribution < 1.29 is 18.7 Å². The monoisotopic (exact) mass is 702 g/mol. The molecule has 7 rings (SSSR count). The van der Waals surface area contributed by atoms with E-state index in [1.807, 2.05) is 42.5 Å². The molecule has 3 aliphatic rings. The van der Waals surface area contributed by atoms with Gasteiger partial charge in [-0.15, -0.1) is 0 Å². The number of anilines is 2. The van der Waals surface area contributed by atoms with E-state index < -0.39 is 0 Å². The summed E-state index contributed by atoms with van der Waals surface area (Å²) < 4.78 is 21.5. The summed E-state index contributed by atoms with van der Waals surface area (Å²) in [7, 11) is 1.62. The highest BCUT2D eigenvalue weighted by Crippen LogP contribution is 2.42. The number of amides is 2. The number of ether oxygens (including phenoxy) is 1. The van der Waals surface area contributed by atoms with E-state index in [-0.39, 0.29) is 29.2 Å². The normalized spacial score (nSPS) is 18.3. The highest BCUT2D eigenvalue weighted by molar-refractivity contribution is 6.39. The fraction of sp³-hybridized carbons (Fsp3) is 0.324. The van der Waals surface area contributed by atoms with Gasteiger partial charge >= 0.3 is 0 Å². The topological polar surface area (TPSA) is 108 Å². The van der Waals surface area contributed by atoms with Crippen molar-refractivity contribution in [2.24, 2.45) is 0 Å². The van der Waals surface area contributed by atoms with E-state index in [0.29, 0.717) is 82.0 Å². The molecule has 4 N–H and O–H groups in total. The first-order valence-corrected chi connectivity index (χ1v) is 17.2. The summed E-state index contributed by atoms with van der Waals surface area (Å²) in [6, 6.07) is 18.6. The van der Waals surface area contributed by atoms with Crippen molar-refractivity contribution in [1.82, 2.24) is 25.8 Å². The first-order chi connectivity index (χ1) is 23.7. The summed E-state index contributed by atoms with van der Waals surface area (Å²) in [6.45, 7) is 3.14.